The van der Waals surface area contributed by atoms with Crippen molar-refractivity contribution in [1.29, 1.82) is 0 Å². The molecule has 5 heteroatoms. The maximum atomic E-state index is 11.8. The first-order valence-corrected chi connectivity index (χ1v) is 7.09. The number of aliphatic hydroxyl groups excluding tert-OH is 1. The second kappa shape index (κ2) is 7.14. The first-order valence-electron chi connectivity index (χ1n) is 7.09. The second-order valence-electron chi connectivity index (χ2n) is 5.19. The van der Waals surface area contributed by atoms with Crippen LogP contribution in [0.15, 0.2) is 30.3 Å². The van der Waals surface area contributed by atoms with Gasteiger partial charge in [0, 0.05) is 0 Å². The molecule has 3 N–H and O–H groups in total. The molecule has 0 bridgehead atoms. The number of benzene rings is 1. The van der Waals surface area contributed by atoms with Gasteiger partial charge in [0.15, 0.2) is 0 Å². The van der Waals surface area contributed by atoms with Crippen molar-refractivity contribution in [3.05, 3.63) is 30.3 Å². The van der Waals surface area contributed by atoms with Crippen LogP contribution in [0.5, 0.6) is 5.75 Å². The molecule has 0 radical (unpaired) electrons. The molecule has 1 aliphatic rings. The zero-order valence-corrected chi connectivity index (χ0v) is 11.6. The fourth-order valence-electron chi connectivity index (χ4n) is 2.51. The zero-order chi connectivity index (χ0) is 14.3. The highest BCUT2D eigenvalue weighted by Gasteiger charge is 2.34. The van der Waals surface area contributed by atoms with Crippen molar-refractivity contribution in [2.45, 2.75) is 31.2 Å². The van der Waals surface area contributed by atoms with E-state index in [1.807, 2.05) is 30.3 Å². The smallest absolute Gasteiger partial charge is 0.315 e. The fraction of sp³-hybridized carbons (Fsp3) is 0.533. The van der Waals surface area contributed by atoms with Crippen LogP contribution in [0.4, 0.5) is 4.79 Å². The summed E-state index contributed by atoms with van der Waals surface area (Å²) in [5.74, 6) is 0.789. The minimum absolute atomic E-state index is 0.000928. The number of nitrogens with one attached hydrogen (secondary N) is 2. The molecule has 1 aliphatic carbocycles. The summed E-state index contributed by atoms with van der Waals surface area (Å²) in [7, 11) is 0. The van der Waals surface area contributed by atoms with Crippen molar-refractivity contribution >= 4 is 6.03 Å². The van der Waals surface area contributed by atoms with E-state index in [9.17, 15) is 9.90 Å². The van der Waals surface area contributed by atoms with Gasteiger partial charge < -0.3 is 20.5 Å². The number of carbonyl (C=O) groups excluding carboxylic acids is 1. The molecule has 1 aromatic rings. The van der Waals surface area contributed by atoms with E-state index >= 15 is 0 Å². The van der Waals surface area contributed by atoms with Gasteiger partial charge in [0.2, 0.25) is 0 Å². The van der Waals surface area contributed by atoms with Gasteiger partial charge in [-0.25, -0.2) is 4.79 Å². The largest absolute Gasteiger partial charge is 0.492 e. The van der Waals surface area contributed by atoms with Crippen LogP contribution in [0.2, 0.25) is 0 Å². The molecule has 5 nitrogen and oxygen atoms in total. The van der Waals surface area contributed by atoms with E-state index in [1.165, 1.54) is 0 Å². The standard InChI is InChI=1S/C15H22N2O3/c18-12-15(8-4-5-9-15)17-14(19)16-10-11-20-13-6-2-1-3-7-13/h1-3,6-7,18H,4-5,8-12H2,(H2,16,17,19). The van der Waals surface area contributed by atoms with Crippen LogP contribution in [-0.2, 0) is 0 Å². The maximum Gasteiger partial charge on any atom is 0.315 e. The molecule has 2 amide bonds. The van der Waals surface area contributed by atoms with Crippen LogP contribution in [0.25, 0.3) is 0 Å². The fourth-order valence-corrected chi connectivity index (χ4v) is 2.51. The first-order chi connectivity index (χ1) is 9.74. The highest BCUT2D eigenvalue weighted by Crippen LogP contribution is 2.28. The van der Waals surface area contributed by atoms with E-state index < -0.39 is 5.54 Å². The predicted molar refractivity (Wildman–Crippen MR) is 76.8 cm³/mol. The lowest BCUT2D eigenvalue weighted by atomic mass is 9.99. The Kier molecular flexibility index (Phi) is 5.24. The van der Waals surface area contributed by atoms with Gasteiger partial charge in [0.05, 0.1) is 18.7 Å². The van der Waals surface area contributed by atoms with Crippen molar-refractivity contribution in [2.24, 2.45) is 0 Å². The van der Waals surface area contributed by atoms with Gasteiger partial charge in [-0.05, 0) is 25.0 Å². The highest BCUT2D eigenvalue weighted by atomic mass is 16.5. The number of amides is 2. The Bertz CT molecular complexity index is 416. The van der Waals surface area contributed by atoms with Gasteiger partial charge >= 0.3 is 6.03 Å². The average Bonchev–Trinajstić information content (AvgIpc) is 2.94. The molecule has 0 atom stereocenters. The number of ether oxygens (including phenoxy) is 1. The summed E-state index contributed by atoms with van der Waals surface area (Å²) in [5, 5.41) is 15.1. The number of rotatable bonds is 6. The second-order valence-corrected chi connectivity index (χ2v) is 5.19. The van der Waals surface area contributed by atoms with E-state index in [1.54, 1.807) is 0 Å². The maximum absolute atomic E-state index is 11.8. The molecule has 0 aromatic heterocycles. The van der Waals surface area contributed by atoms with Crippen LogP contribution < -0.4 is 15.4 Å². The lowest BCUT2D eigenvalue weighted by Gasteiger charge is -2.27. The van der Waals surface area contributed by atoms with Crippen LogP contribution in [-0.4, -0.2) is 36.4 Å². The SMILES string of the molecule is O=C(NCCOc1ccccc1)NC1(CO)CCCC1. The third-order valence-electron chi connectivity index (χ3n) is 3.64. The quantitative estimate of drug-likeness (QED) is 0.693. The normalized spacial score (nSPS) is 16.6. The van der Waals surface area contributed by atoms with Gasteiger partial charge in [-0.15, -0.1) is 0 Å². The summed E-state index contributed by atoms with van der Waals surface area (Å²) >= 11 is 0. The Labute approximate surface area is 119 Å². The molecule has 0 saturated heterocycles. The van der Waals surface area contributed by atoms with Gasteiger partial charge in [-0.1, -0.05) is 31.0 Å². The van der Waals surface area contributed by atoms with Gasteiger partial charge in [-0.2, -0.15) is 0 Å². The van der Waals surface area contributed by atoms with E-state index in [0.717, 1.165) is 31.4 Å². The van der Waals surface area contributed by atoms with E-state index in [4.69, 9.17) is 4.74 Å². The number of para-hydroxylation sites is 1. The molecule has 0 unspecified atom stereocenters. The molecule has 2 rings (SSSR count). The average molecular weight is 278 g/mol. The number of urea groups is 1. The topological polar surface area (TPSA) is 70.6 Å². The van der Waals surface area contributed by atoms with Gasteiger partial charge in [0.1, 0.15) is 12.4 Å². The predicted octanol–water partition coefficient (Wildman–Crippen LogP) is 1.67. The Morgan fingerprint density at radius 3 is 2.60 bits per heavy atom. The lowest BCUT2D eigenvalue weighted by molar-refractivity contribution is 0.162. The number of hydrogen-bond acceptors (Lipinski definition) is 3. The lowest BCUT2D eigenvalue weighted by Crippen LogP contribution is -2.53. The molecular formula is C15H22N2O3. The molecule has 20 heavy (non-hydrogen) atoms. The molecule has 0 spiro atoms. The van der Waals surface area contributed by atoms with Crippen molar-refractivity contribution in [3.63, 3.8) is 0 Å². The van der Waals surface area contributed by atoms with Crippen LogP contribution in [0.1, 0.15) is 25.7 Å². The molecule has 1 fully saturated rings. The Hall–Kier alpha value is -1.75. The molecular weight excluding hydrogens is 256 g/mol. The molecule has 1 saturated carbocycles. The van der Waals surface area contributed by atoms with E-state index in [0.29, 0.717) is 13.2 Å². The minimum atomic E-state index is -0.426. The van der Waals surface area contributed by atoms with Crippen LogP contribution in [0, 0.1) is 0 Å². The van der Waals surface area contributed by atoms with Crippen LogP contribution in [0.3, 0.4) is 0 Å². The van der Waals surface area contributed by atoms with Crippen molar-refractivity contribution in [1.82, 2.24) is 10.6 Å². The third-order valence-corrected chi connectivity index (χ3v) is 3.64. The molecule has 1 aromatic carbocycles. The third kappa shape index (κ3) is 4.13. The van der Waals surface area contributed by atoms with Crippen molar-refractivity contribution in [3.8, 4) is 5.75 Å². The molecule has 0 heterocycles. The number of carbonyl (C=O) groups is 1. The summed E-state index contributed by atoms with van der Waals surface area (Å²) < 4.78 is 5.49. The zero-order valence-electron chi connectivity index (χ0n) is 11.6. The highest BCUT2D eigenvalue weighted by molar-refractivity contribution is 5.74. The molecule has 0 aliphatic heterocycles. The Morgan fingerprint density at radius 2 is 1.95 bits per heavy atom. The van der Waals surface area contributed by atoms with Crippen LogP contribution >= 0.6 is 0 Å². The number of aliphatic hydroxyl groups is 1. The van der Waals surface area contributed by atoms with Crippen molar-refractivity contribution in [2.75, 3.05) is 19.8 Å². The summed E-state index contributed by atoms with van der Waals surface area (Å²) in [6.45, 7) is 0.854. The minimum Gasteiger partial charge on any atom is -0.492 e. The first kappa shape index (κ1) is 14.7. The summed E-state index contributed by atoms with van der Waals surface area (Å²) in [5.41, 5.74) is -0.426. The Balaban J connectivity index is 1.65. The monoisotopic (exact) mass is 278 g/mol. The Morgan fingerprint density at radius 1 is 1.25 bits per heavy atom. The summed E-state index contributed by atoms with van der Waals surface area (Å²) in [6, 6.07) is 9.24. The van der Waals surface area contributed by atoms with E-state index in [-0.39, 0.29) is 12.6 Å². The van der Waals surface area contributed by atoms with E-state index in [2.05, 4.69) is 10.6 Å². The summed E-state index contributed by atoms with van der Waals surface area (Å²) in [6.07, 6.45) is 3.80. The van der Waals surface area contributed by atoms with Gasteiger partial charge in [-0.3, -0.25) is 0 Å². The molecule has 110 valence electrons. The summed E-state index contributed by atoms with van der Waals surface area (Å²) in [4.78, 5) is 11.8. The number of hydrogen-bond donors (Lipinski definition) is 3. The van der Waals surface area contributed by atoms with Gasteiger partial charge in [0.25, 0.3) is 0 Å². The van der Waals surface area contributed by atoms with Crippen molar-refractivity contribution < 1.29 is 14.6 Å².